The lowest BCUT2D eigenvalue weighted by Crippen LogP contribution is -2.36. The third-order valence-electron chi connectivity index (χ3n) is 7.24. The number of benzene rings is 2. The maximum atomic E-state index is 5.63. The summed E-state index contributed by atoms with van der Waals surface area (Å²) in [5.74, 6) is 3.35. The van der Waals surface area contributed by atoms with Gasteiger partial charge >= 0.3 is 0 Å². The highest BCUT2D eigenvalue weighted by molar-refractivity contribution is 6.11. The molecule has 0 unspecified atom stereocenters. The summed E-state index contributed by atoms with van der Waals surface area (Å²) in [6, 6.07) is 13.0. The van der Waals surface area contributed by atoms with E-state index in [2.05, 4.69) is 65.2 Å². The van der Waals surface area contributed by atoms with Gasteiger partial charge in [-0.15, -0.1) is 0 Å². The molecule has 0 N–H and O–H groups in total. The van der Waals surface area contributed by atoms with Gasteiger partial charge in [-0.3, -0.25) is 0 Å². The molecular weight excluding hydrogens is 424 g/mol. The van der Waals surface area contributed by atoms with E-state index >= 15 is 0 Å². The zero-order chi connectivity index (χ0) is 23.1. The van der Waals surface area contributed by atoms with Crippen LogP contribution in [0.5, 0.6) is 0 Å². The van der Waals surface area contributed by atoms with Crippen LogP contribution in [0.4, 0.5) is 17.2 Å². The van der Waals surface area contributed by atoms with Crippen LogP contribution in [-0.2, 0) is 4.74 Å². The lowest BCUT2D eigenvalue weighted by Gasteiger charge is -2.29. The number of likely N-dealkylation sites (tertiary alicyclic amines) is 2. The number of pyridine rings is 1. The number of fused-ring (bicyclic) bond motifs is 3. The Morgan fingerprint density at radius 2 is 1.35 bits per heavy atom. The van der Waals surface area contributed by atoms with Crippen LogP contribution in [0.2, 0.25) is 0 Å². The zero-order valence-corrected chi connectivity index (χ0v) is 20.1. The summed E-state index contributed by atoms with van der Waals surface area (Å²) in [5, 5.41) is 3.53. The first-order chi connectivity index (χ1) is 16.7. The average Bonchev–Trinajstić information content (AvgIpc) is 3.46. The number of morpholine rings is 1. The van der Waals surface area contributed by atoms with Crippen LogP contribution in [0.3, 0.4) is 0 Å². The van der Waals surface area contributed by atoms with Crippen molar-refractivity contribution in [1.82, 2.24) is 14.8 Å². The van der Waals surface area contributed by atoms with Gasteiger partial charge in [0.25, 0.3) is 0 Å². The van der Waals surface area contributed by atoms with E-state index in [1.165, 1.54) is 24.1 Å². The Bertz CT molecular complexity index is 1290. The summed E-state index contributed by atoms with van der Waals surface area (Å²) in [7, 11) is 4.25. The van der Waals surface area contributed by atoms with E-state index in [-0.39, 0.29) is 0 Å². The van der Waals surface area contributed by atoms with Gasteiger partial charge < -0.3 is 19.4 Å². The summed E-state index contributed by atoms with van der Waals surface area (Å²) in [6.07, 6.45) is 4.44. The number of rotatable bonds is 3. The molecule has 3 saturated heterocycles. The molecule has 6 rings (SSSR count). The second-order valence-corrected chi connectivity index (χ2v) is 9.57. The lowest BCUT2D eigenvalue weighted by atomic mass is 10.0. The molecule has 3 aliphatic heterocycles. The molecular formula is C27H32N6O. The van der Waals surface area contributed by atoms with Gasteiger partial charge in [0.1, 0.15) is 17.5 Å². The fourth-order valence-corrected chi connectivity index (χ4v) is 5.29. The summed E-state index contributed by atoms with van der Waals surface area (Å²) in [4.78, 5) is 22.0. The van der Waals surface area contributed by atoms with E-state index in [0.29, 0.717) is 0 Å². The Morgan fingerprint density at radius 1 is 0.735 bits per heavy atom. The number of aromatic nitrogens is 1. The first-order valence-corrected chi connectivity index (χ1v) is 12.4. The van der Waals surface area contributed by atoms with Gasteiger partial charge in [0, 0.05) is 63.9 Å². The maximum absolute atomic E-state index is 5.63. The van der Waals surface area contributed by atoms with E-state index in [0.717, 1.165) is 91.6 Å². The Kier molecular flexibility index (Phi) is 5.57. The number of aliphatic imine (C=N–C) groups is 2. The fraction of sp³-hybridized carbons (Fsp3) is 0.444. The van der Waals surface area contributed by atoms with E-state index in [1.54, 1.807) is 0 Å². The Labute approximate surface area is 200 Å². The highest BCUT2D eigenvalue weighted by Gasteiger charge is 2.20. The molecule has 0 bridgehead atoms. The Morgan fingerprint density at radius 3 is 1.97 bits per heavy atom. The van der Waals surface area contributed by atoms with Crippen molar-refractivity contribution in [2.45, 2.75) is 25.7 Å². The van der Waals surface area contributed by atoms with Crippen LogP contribution in [-0.4, -0.2) is 79.9 Å². The van der Waals surface area contributed by atoms with Crippen molar-refractivity contribution in [3.8, 4) is 0 Å². The first kappa shape index (κ1) is 21.4. The number of hydrogen-bond acceptors (Lipinski definition) is 5. The Hall–Kier alpha value is -3.19. The van der Waals surface area contributed by atoms with Crippen molar-refractivity contribution >= 4 is 50.5 Å². The van der Waals surface area contributed by atoms with Crippen LogP contribution in [0.1, 0.15) is 25.7 Å². The Balaban J connectivity index is 1.49. The molecule has 7 heteroatoms. The molecule has 3 aliphatic rings. The number of anilines is 1. The average molecular weight is 457 g/mol. The fourth-order valence-electron chi connectivity index (χ4n) is 5.29. The molecule has 1 aromatic heterocycles. The first-order valence-electron chi connectivity index (χ1n) is 12.4. The highest BCUT2D eigenvalue weighted by Crippen LogP contribution is 2.36. The molecule has 0 spiro atoms. The lowest BCUT2D eigenvalue weighted by molar-refractivity contribution is 0.122. The van der Waals surface area contributed by atoms with Crippen LogP contribution in [0, 0.1) is 0 Å². The quantitative estimate of drug-likeness (QED) is 0.533. The molecule has 0 amide bonds. The minimum atomic E-state index is 0.730. The molecule has 0 saturated carbocycles. The van der Waals surface area contributed by atoms with E-state index < -0.39 is 0 Å². The van der Waals surface area contributed by atoms with Crippen LogP contribution in [0.15, 0.2) is 46.4 Å². The minimum absolute atomic E-state index is 0.730. The summed E-state index contributed by atoms with van der Waals surface area (Å²) < 4.78 is 5.63. The van der Waals surface area contributed by atoms with E-state index in [9.17, 15) is 0 Å². The number of ether oxygens (including phenoxy) is 1. The molecule has 176 valence electrons. The zero-order valence-electron chi connectivity index (χ0n) is 20.1. The normalized spacial score (nSPS) is 21.6. The van der Waals surface area contributed by atoms with Crippen molar-refractivity contribution in [3.63, 3.8) is 0 Å². The van der Waals surface area contributed by atoms with Crippen molar-refractivity contribution in [3.05, 3.63) is 36.4 Å². The molecule has 4 heterocycles. The van der Waals surface area contributed by atoms with Crippen molar-refractivity contribution in [1.29, 1.82) is 0 Å². The van der Waals surface area contributed by atoms with Gasteiger partial charge in [0.15, 0.2) is 0 Å². The second kappa shape index (κ2) is 8.87. The second-order valence-electron chi connectivity index (χ2n) is 9.57. The number of hydrogen-bond donors (Lipinski definition) is 0. The number of amidine groups is 2. The molecule has 2 aromatic carbocycles. The van der Waals surface area contributed by atoms with Gasteiger partial charge in [-0.1, -0.05) is 12.1 Å². The topological polar surface area (TPSA) is 56.6 Å². The monoisotopic (exact) mass is 456 g/mol. The standard InChI is InChI=1S/C27H32N6O/c1-31-11-3-5-25(31)28-19-7-9-21-22-10-8-20(29-26-6-4-12-32(26)2)18-24(22)30-27(23(21)17-19)33-13-15-34-16-14-33/h7-10,17-18H,3-6,11-16H2,1-2H3/b28-25+,29-26+. The van der Waals surface area contributed by atoms with Gasteiger partial charge in [-0.25, -0.2) is 15.0 Å². The summed E-state index contributed by atoms with van der Waals surface area (Å²) in [5.41, 5.74) is 2.97. The number of nitrogens with zero attached hydrogens (tertiary/aromatic N) is 6. The predicted octanol–water partition coefficient (Wildman–Crippen LogP) is 4.74. The molecule has 34 heavy (non-hydrogen) atoms. The van der Waals surface area contributed by atoms with Crippen LogP contribution < -0.4 is 4.90 Å². The van der Waals surface area contributed by atoms with Crippen molar-refractivity contribution in [2.24, 2.45) is 9.98 Å². The largest absolute Gasteiger partial charge is 0.378 e. The molecule has 7 nitrogen and oxygen atoms in total. The van der Waals surface area contributed by atoms with Crippen molar-refractivity contribution in [2.75, 3.05) is 58.4 Å². The molecule has 0 atom stereocenters. The third-order valence-corrected chi connectivity index (χ3v) is 7.24. The molecule has 0 radical (unpaired) electrons. The molecule has 3 fully saturated rings. The summed E-state index contributed by atoms with van der Waals surface area (Å²) in [6.45, 7) is 5.32. The molecule has 0 aliphatic carbocycles. The van der Waals surface area contributed by atoms with Crippen LogP contribution >= 0.6 is 0 Å². The molecule has 3 aromatic rings. The van der Waals surface area contributed by atoms with Gasteiger partial charge in [-0.05, 0) is 42.5 Å². The van der Waals surface area contributed by atoms with Crippen LogP contribution in [0.25, 0.3) is 21.7 Å². The van der Waals surface area contributed by atoms with E-state index in [1.807, 2.05) is 0 Å². The van der Waals surface area contributed by atoms with Gasteiger partial charge in [0.2, 0.25) is 0 Å². The summed E-state index contributed by atoms with van der Waals surface area (Å²) >= 11 is 0. The van der Waals surface area contributed by atoms with Gasteiger partial charge in [-0.2, -0.15) is 0 Å². The minimum Gasteiger partial charge on any atom is -0.378 e. The van der Waals surface area contributed by atoms with Crippen molar-refractivity contribution < 1.29 is 4.74 Å². The maximum Gasteiger partial charge on any atom is 0.137 e. The van der Waals surface area contributed by atoms with E-state index in [4.69, 9.17) is 19.7 Å². The predicted molar refractivity (Wildman–Crippen MR) is 140 cm³/mol. The highest BCUT2D eigenvalue weighted by atomic mass is 16.5. The smallest absolute Gasteiger partial charge is 0.137 e. The SMILES string of the molecule is CN1CCC/C1=N\c1ccc2c(c1)nc(N1CCOCC1)c1cc(/N=C3\CCCN3C)ccc12. The van der Waals surface area contributed by atoms with Gasteiger partial charge in [0.05, 0.1) is 30.1 Å². The third kappa shape index (κ3) is 3.98.